The van der Waals surface area contributed by atoms with E-state index in [4.69, 9.17) is 5.26 Å². The van der Waals surface area contributed by atoms with Gasteiger partial charge in [0, 0.05) is 5.56 Å². The molecule has 0 aromatic heterocycles. The van der Waals surface area contributed by atoms with Crippen LogP contribution in [0.25, 0.3) is 11.1 Å². The molecule has 0 aliphatic rings. The van der Waals surface area contributed by atoms with Gasteiger partial charge in [0.2, 0.25) is 0 Å². The molecule has 20 heavy (non-hydrogen) atoms. The van der Waals surface area contributed by atoms with Gasteiger partial charge in [-0.25, -0.2) is 0 Å². The van der Waals surface area contributed by atoms with Crippen molar-refractivity contribution in [3.8, 4) is 17.2 Å². The zero-order valence-corrected chi connectivity index (χ0v) is 11.6. The number of carbonyl (C=O) groups excluding carboxylic acids is 1. The van der Waals surface area contributed by atoms with E-state index in [0.717, 1.165) is 11.1 Å². The number of hydrogen-bond acceptors (Lipinski definition) is 2. The first kappa shape index (κ1) is 13.8. The lowest BCUT2D eigenvalue weighted by molar-refractivity contribution is 0.0929. The summed E-state index contributed by atoms with van der Waals surface area (Å²) < 4.78 is 0. The second kappa shape index (κ2) is 5.58. The highest BCUT2D eigenvalue weighted by Gasteiger charge is 2.20. The smallest absolute Gasteiger partial charge is 0.252 e. The van der Waals surface area contributed by atoms with E-state index >= 15 is 0 Å². The first-order valence-electron chi connectivity index (χ1n) is 6.41. The lowest BCUT2D eigenvalue weighted by Gasteiger charge is -2.17. The van der Waals surface area contributed by atoms with Crippen LogP contribution >= 0.6 is 0 Å². The third kappa shape index (κ3) is 3.24. The standard InChI is InChI=1S/C17H16N2O/c1-17(2,12-18)19-16(20)15-10-6-9-14(11-15)13-7-4-3-5-8-13/h3-11H,1-2H3,(H,19,20). The lowest BCUT2D eigenvalue weighted by Crippen LogP contribution is -2.42. The number of nitrogens with one attached hydrogen (secondary N) is 1. The first-order valence-corrected chi connectivity index (χ1v) is 6.41. The molecule has 3 heteroatoms. The topological polar surface area (TPSA) is 52.9 Å². The SMILES string of the molecule is CC(C)(C#N)NC(=O)c1cccc(-c2ccccc2)c1. The summed E-state index contributed by atoms with van der Waals surface area (Å²) in [7, 11) is 0. The van der Waals surface area contributed by atoms with E-state index in [1.54, 1.807) is 19.9 Å². The van der Waals surface area contributed by atoms with E-state index in [2.05, 4.69) is 11.4 Å². The van der Waals surface area contributed by atoms with Crippen molar-refractivity contribution < 1.29 is 4.79 Å². The molecule has 2 aromatic rings. The lowest BCUT2D eigenvalue weighted by atomic mass is 10.0. The van der Waals surface area contributed by atoms with Crippen LogP contribution in [0, 0.1) is 11.3 Å². The van der Waals surface area contributed by atoms with E-state index in [0.29, 0.717) is 5.56 Å². The summed E-state index contributed by atoms with van der Waals surface area (Å²) in [6.07, 6.45) is 0. The van der Waals surface area contributed by atoms with Crippen LogP contribution in [-0.4, -0.2) is 11.4 Å². The molecule has 0 aliphatic carbocycles. The van der Waals surface area contributed by atoms with Gasteiger partial charge in [0.25, 0.3) is 5.91 Å². The molecular weight excluding hydrogens is 248 g/mol. The van der Waals surface area contributed by atoms with Crippen molar-refractivity contribution in [2.75, 3.05) is 0 Å². The van der Waals surface area contributed by atoms with Gasteiger partial charge in [0.1, 0.15) is 5.54 Å². The van der Waals surface area contributed by atoms with E-state index in [9.17, 15) is 4.79 Å². The molecule has 0 unspecified atom stereocenters. The molecule has 0 bridgehead atoms. The molecular formula is C17H16N2O. The Bertz CT molecular complexity index is 654. The zero-order chi connectivity index (χ0) is 14.6. The van der Waals surface area contributed by atoms with Crippen LogP contribution in [0.1, 0.15) is 24.2 Å². The Morgan fingerprint density at radius 2 is 1.70 bits per heavy atom. The van der Waals surface area contributed by atoms with Crippen LogP contribution in [0.3, 0.4) is 0 Å². The molecule has 0 atom stereocenters. The molecule has 0 saturated carbocycles. The molecule has 2 rings (SSSR count). The fraction of sp³-hybridized carbons (Fsp3) is 0.176. The molecule has 0 aliphatic heterocycles. The number of nitrogens with zero attached hydrogens (tertiary/aromatic N) is 1. The van der Waals surface area contributed by atoms with Crippen molar-refractivity contribution in [1.29, 1.82) is 5.26 Å². The van der Waals surface area contributed by atoms with Crippen molar-refractivity contribution in [2.24, 2.45) is 0 Å². The van der Waals surface area contributed by atoms with Crippen LogP contribution in [0.4, 0.5) is 0 Å². The molecule has 100 valence electrons. The quantitative estimate of drug-likeness (QED) is 0.923. The molecule has 3 nitrogen and oxygen atoms in total. The molecule has 1 N–H and O–H groups in total. The van der Waals surface area contributed by atoms with Gasteiger partial charge in [-0.05, 0) is 37.1 Å². The molecule has 0 fully saturated rings. The average molecular weight is 264 g/mol. The zero-order valence-electron chi connectivity index (χ0n) is 11.6. The number of amides is 1. The van der Waals surface area contributed by atoms with E-state index < -0.39 is 5.54 Å². The predicted molar refractivity (Wildman–Crippen MR) is 79.0 cm³/mol. The van der Waals surface area contributed by atoms with Crippen molar-refractivity contribution >= 4 is 5.91 Å². The van der Waals surface area contributed by atoms with Gasteiger partial charge in [0.05, 0.1) is 6.07 Å². The Balaban J connectivity index is 2.27. The maximum absolute atomic E-state index is 12.1. The third-order valence-corrected chi connectivity index (χ3v) is 2.94. The normalized spacial score (nSPS) is 10.7. The Hall–Kier alpha value is -2.60. The molecule has 0 saturated heterocycles. The first-order chi connectivity index (χ1) is 9.52. The molecule has 0 radical (unpaired) electrons. The second-order valence-corrected chi connectivity index (χ2v) is 5.14. The fourth-order valence-corrected chi connectivity index (χ4v) is 1.85. The minimum atomic E-state index is -0.875. The Morgan fingerprint density at radius 1 is 1.05 bits per heavy atom. The Kier molecular flexibility index (Phi) is 3.86. The van der Waals surface area contributed by atoms with Crippen LogP contribution in [0.15, 0.2) is 54.6 Å². The maximum Gasteiger partial charge on any atom is 0.252 e. The highest BCUT2D eigenvalue weighted by atomic mass is 16.1. The summed E-state index contributed by atoms with van der Waals surface area (Å²) in [5, 5.41) is 11.7. The summed E-state index contributed by atoms with van der Waals surface area (Å²) in [6.45, 7) is 3.35. The summed E-state index contributed by atoms with van der Waals surface area (Å²) in [5.74, 6) is -0.241. The van der Waals surface area contributed by atoms with Gasteiger partial charge in [-0.3, -0.25) is 4.79 Å². The fourth-order valence-electron chi connectivity index (χ4n) is 1.85. The number of carbonyl (C=O) groups is 1. The van der Waals surface area contributed by atoms with Crippen molar-refractivity contribution in [1.82, 2.24) is 5.32 Å². The van der Waals surface area contributed by atoms with Crippen LogP contribution in [-0.2, 0) is 0 Å². The van der Waals surface area contributed by atoms with Gasteiger partial charge < -0.3 is 5.32 Å². The van der Waals surface area contributed by atoms with Gasteiger partial charge in [-0.15, -0.1) is 0 Å². The second-order valence-electron chi connectivity index (χ2n) is 5.14. The van der Waals surface area contributed by atoms with Crippen molar-refractivity contribution in [3.63, 3.8) is 0 Å². The predicted octanol–water partition coefficient (Wildman–Crippen LogP) is 3.39. The van der Waals surface area contributed by atoms with Crippen LogP contribution in [0.5, 0.6) is 0 Å². The Labute approximate surface area is 118 Å². The molecule has 2 aromatic carbocycles. The summed E-state index contributed by atoms with van der Waals surface area (Å²) in [4.78, 5) is 12.1. The molecule has 0 heterocycles. The average Bonchev–Trinajstić information content (AvgIpc) is 2.48. The van der Waals surface area contributed by atoms with Crippen LogP contribution in [0.2, 0.25) is 0 Å². The van der Waals surface area contributed by atoms with Crippen molar-refractivity contribution in [2.45, 2.75) is 19.4 Å². The monoisotopic (exact) mass is 264 g/mol. The number of hydrogen-bond donors (Lipinski definition) is 1. The van der Waals surface area contributed by atoms with Crippen molar-refractivity contribution in [3.05, 3.63) is 60.2 Å². The summed E-state index contributed by atoms with van der Waals surface area (Å²) in [5.41, 5.74) is 1.71. The summed E-state index contributed by atoms with van der Waals surface area (Å²) >= 11 is 0. The van der Waals surface area contributed by atoms with Crippen LogP contribution < -0.4 is 5.32 Å². The molecule has 0 spiro atoms. The highest BCUT2D eigenvalue weighted by molar-refractivity contribution is 5.96. The van der Waals surface area contributed by atoms with E-state index in [-0.39, 0.29) is 5.91 Å². The third-order valence-electron chi connectivity index (χ3n) is 2.94. The molecule has 1 amide bonds. The largest absolute Gasteiger partial charge is 0.334 e. The van der Waals surface area contributed by atoms with Gasteiger partial charge in [0.15, 0.2) is 0 Å². The van der Waals surface area contributed by atoms with Gasteiger partial charge >= 0.3 is 0 Å². The maximum atomic E-state index is 12.1. The van der Waals surface area contributed by atoms with E-state index in [1.165, 1.54) is 0 Å². The number of nitriles is 1. The summed E-state index contributed by atoms with van der Waals surface area (Å²) in [6, 6.07) is 19.3. The number of rotatable bonds is 3. The number of benzene rings is 2. The minimum absolute atomic E-state index is 0.241. The highest BCUT2D eigenvalue weighted by Crippen LogP contribution is 2.20. The van der Waals surface area contributed by atoms with E-state index in [1.807, 2.05) is 48.5 Å². The van der Waals surface area contributed by atoms with Gasteiger partial charge in [-0.1, -0.05) is 42.5 Å². The van der Waals surface area contributed by atoms with Gasteiger partial charge in [-0.2, -0.15) is 5.26 Å². The minimum Gasteiger partial charge on any atom is -0.334 e. The Morgan fingerprint density at radius 3 is 2.35 bits per heavy atom.